The summed E-state index contributed by atoms with van der Waals surface area (Å²) in [6, 6.07) is 5.18. The summed E-state index contributed by atoms with van der Waals surface area (Å²) in [5.74, 6) is 0.303. The van der Waals surface area contributed by atoms with Gasteiger partial charge in [0.2, 0.25) is 11.8 Å². The summed E-state index contributed by atoms with van der Waals surface area (Å²) in [6.07, 6.45) is 7.32. The molecule has 1 saturated carbocycles. The number of halogens is 1. The molecule has 36 heavy (non-hydrogen) atoms. The number of hydrogen-bond acceptors (Lipinski definition) is 7. The maximum Gasteiger partial charge on any atom is 0.255 e. The van der Waals surface area contributed by atoms with Crippen LogP contribution in [0.25, 0.3) is 0 Å². The fraction of sp³-hybridized carbons (Fsp3) is 0.500. The largest absolute Gasteiger partial charge is 0.489 e. The Labute approximate surface area is 208 Å². The Morgan fingerprint density at radius 3 is 2.58 bits per heavy atom. The van der Waals surface area contributed by atoms with Crippen LogP contribution < -0.4 is 10.1 Å². The summed E-state index contributed by atoms with van der Waals surface area (Å²) in [5, 5.41) is 2.34. The molecule has 6 rings (SSSR count). The first-order valence-electron chi connectivity index (χ1n) is 12.6. The van der Waals surface area contributed by atoms with Crippen LogP contribution in [0.3, 0.4) is 0 Å². The maximum absolute atomic E-state index is 13.1. The van der Waals surface area contributed by atoms with Crippen molar-refractivity contribution in [3.8, 4) is 5.75 Å². The Bertz CT molecular complexity index is 1200. The number of benzene rings is 1. The van der Waals surface area contributed by atoms with Crippen LogP contribution in [0.4, 0.5) is 4.39 Å². The molecule has 1 aliphatic carbocycles. The van der Waals surface area contributed by atoms with E-state index in [4.69, 9.17) is 4.74 Å². The molecule has 4 aliphatic rings. The number of piperidine rings is 1. The highest BCUT2D eigenvalue weighted by atomic mass is 19.1. The third-order valence-corrected chi connectivity index (χ3v) is 7.83. The van der Waals surface area contributed by atoms with Crippen molar-refractivity contribution < 1.29 is 23.5 Å². The van der Waals surface area contributed by atoms with Gasteiger partial charge in [0.1, 0.15) is 23.7 Å². The fourth-order valence-electron chi connectivity index (χ4n) is 5.91. The van der Waals surface area contributed by atoms with E-state index in [1.807, 2.05) is 12.1 Å². The van der Waals surface area contributed by atoms with E-state index in [9.17, 15) is 18.8 Å². The van der Waals surface area contributed by atoms with Crippen LogP contribution in [0.15, 0.2) is 30.6 Å². The van der Waals surface area contributed by atoms with E-state index >= 15 is 0 Å². The number of carbonyl (C=O) groups excluding carboxylic acids is 3. The summed E-state index contributed by atoms with van der Waals surface area (Å²) >= 11 is 0. The number of aromatic nitrogens is 2. The smallest absolute Gasteiger partial charge is 0.255 e. The SMILES string of the molecule is O=C1CCC(N2Cc3cc(O[C@H]4CCCC[C@@H]4N4CC(c5ncc(F)cn5)C4)ccc3C2=O)C(=O)N1. The molecule has 1 unspecified atom stereocenters. The number of fused-ring (bicyclic) bond motifs is 1. The third-order valence-electron chi connectivity index (χ3n) is 7.83. The van der Waals surface area contributed by atoms with Crippen molar-refractivity contribution >= 4 is 17.7 Å². The molecule has 3 fully saturated rings. The number of nitrogens with zero attached hydrogens (tertiary/aromatic N) is 4. The lowest BCUT2D eigenvalue weighted by molar-refractivity contribution is -0.136. The summed E-state index contributed by atoms with van der Waals surface area (Å²) in [4.78, 5) is 49.0. The lowest BCUT2D eigenvalue weighted by atomic mass is 9.86. The number of rotatable bonds is 5. The van der Waals surface area contributed by atoms with Gasteiger partial charge in [-0.25, -0.2) is 14.4 Å². The van der Waals surface area contributed by atoms with Gasteiger partial charge in [-0.2, -0.15) is 0 Å². The molecular weight excluding hydrogens is 465 g/mol. The number of hydrogen-bond donors (Lipinski definition) is 1. The number of amides is 3. The Balaban J connectivity index is 1.11. The summed E-state index contributed by atoms with van der Waals surface area (Å²) in [6.45, 7) is 1.99. The average Bonchev–Trinajstić information content (AvgIpc) is 3.16. The molecule has 2 aromatic rings. The van der Waals surface area contributed by atoms with E-state index in [-0.39, 0.29) is 36.3 Å². The predicted molar refractivity (Wildman–Crippen MR) is 125 cm³/mol. The Morgan fingerprint density at radius 2 is 1.81 bits per heavy atom. The maximum atomic E-state index is 13.1. The molecule has 188 valence electrons. The van der Waals surface area contributed by atoms with E-state index in [2.05, 4.69) is 20.2 Å². The van der Waals surface area contributed by atoms with Crippen LogP contribution in [0.2, 0.25) is 0 Å². The summed E-state index contributed by atoms with van der Waals surface area (Å²) in [5.41, 5.74) is 1.42. The quantitative estimate of drug-likeness (QED) is 0.637. The second kappa shape index (κ2) is 9.24. The molecule has 1 aromatic carbocycles. The molecule has 0 spiro atoms. The average molecular weight is 494 g/mol. The second-order valence-electron chi connectivity index (χ2n) is 10.1. The van der Waals surface area contributed by atoms with Crippen molar-refractivity contribution in [2.45, 2.75) is 69.2 Å². The van der Waals surface area contributed by atoms with Gasteiger partial charge in [0.15, 0.2) is 5.82 Å². The van der Waals surface area contributed by atoms with Crippen molar-refractivity contribution in [3.63, 3.8) is 0 Å². The first-order chi connectivity index (χ1) is 17.5. The molecule has 0 bridgehead atoms. The molecule has 3 atom stereocenters. The number of carbonyl (C=O) groups is 3. The minimum atomic E-state index is -0.626. The first kappa shape index (κ1) is 23.0. The van der Waals surface area contributed by atoms with E-state index in [1.54, 1.807) is 11.0 Å². The van der Waals surface area contributed by atoms with Crippen LogP contribution in [0, 0.1) is 5.82 Å². The van der Waals surface area contributed by atoms with Crippen LogP contribution in [0.5, 0.6) is 5.75 Å². The summed E-state index contributed by atoms with van der Waals surface area (Å²) in [7, 11) is 0. The van der Waals surface area contributed by atoms with Gasteiger partial charge in [0.25, 0.3) is 5.91 Å². The second-order valence-corrected chi connectivity index (χ2v) is 10.1. The van der Waals surface area contributed by atoms with Crippen molar-refractivity contribution in [1.29, 1.82) is 0 Å². The minimum Gasteiger partial charge on any atom is -0.489 e. The van der Waals surface area contributed by atoms with Crippen LogP contribution in [-0.4, -0.2) is 68.8 Å². The Hall–Kier alpha value is -3.40. The Morgan fingerprint density at radius 1 is 1.03 bits per heavy atom. The van der Waals surface area contributed by atoms with Crippen LogP contribution >= 0.6 is 0 Å². The molecule has 3 amide bonds. The van der Waals surface area contributed by atoms with E-state index in [0.29, 0.717) is 24.4 Å². The minimum absolute atomic E-state index is 0.0372. The molecule has 4 heterocycles. The van der Waals surface area contributed by atoms with Gasteiger partial charge in [0, 0.05) is 43.6 Å². The van der Waals surface area contributed by atoms with Gasteiger partial charge >= 0.3 is 0 Å². The van der Waals surface area contributed by atoms with Crippen molar-refractivity contribution in [2.75, 3.05) is 13.1 Å². The van der Waals surface area contributed by atoms with Gasteiger partial charge in [-0.3, -0.25) is 24.6 Å². The molecule has 1 N–H and O–H groups in total. The number of imide groups is 1. The molecule has 10 heteroatoms. The van der Waals surface area contributed by atoms with E-state index in [1.165, 1.54) is 12.4 Å². The zero-order chi connectivity index (χ0) is 24.8. The van der Waals surface area contributed by atoms with Gasteiger partial charge in [-0.15, -0.1) is 0 Å². The van der Waals surface area contributed by atoms with Crippen LogP contribution in [-0.2, 0) is 16.1 Å². The van der Waals surface area contributed by atoms with E-state index < -0.39 is 17.8 Å². The zero-order valence-corrected chi connectivity index (χ0v) is 19.9. The zero-order valence-electron chi connectivity index (χ0n) is 19.9. The fourth-order valence-corrected chi connectivity index (χ4v) is 5.91. The first-order valence-corrected chi connectivity index (χ1v) is 12.6. The molecular formula is C26H28FN5O4. The van der Waals surface area contributed by atoms with Gasteiger partial charge in [-0.05, 0) is 49.4 Å². The molecule has 9 nitrogen and oxygen atoms in total. The molecule has 2 saturated heterocycles. The monoisotopic (exact) mass is 493 g/mol. The van der Waals surface area contributed by atoms with Crippen LogP contribution in [0.1, 0.15) is 66.2 Å². The van der Waals surface area contributed by atoms with E-state index in [0.717, 1.165) is 50.1 Å². The normalized spacial score (nSPS) is 27.0. The van der Waals surface area contributed by atoms with Gasteiger partial charge < -0.3 is 9.64 Å². The third kappa shape index (κ3) is 4.23. The predicted octanol–water partition coefficient (Wildman–Crippen LogP) is 2.17. The van der Waals surface area contributed by atoms with Crippen molar-refractivity contribution in [3.05, 3.63) is 53.4 Å². The highest BCUT2D eigenvalue weighted by Crippen LogP contribution is 2.36. The van der Waals surface area contributed by atoms with Crippen molar-refractivity contribution in [2.24, 2.45) is 0 Å². The lowest BCUT2D eigenvalue weighted by Gasteiger charge is -2.47. The van der Waals surface area contributed by atoms with Crippen molar-refractivity contribution in [1.82, 2.24) is 25.1 Å². The van der Waals surface area contributed by atoms with Gasteiger partial charge in [-0.1, -0.05) is 6.42 Å². The highest BCUT2D eigenvalue weighted by molar-refractivity contribution is 6.05. The Kier molecular flexibility index (Phi) is 5.91. The highest BCUT2D eigenvalue weighted by Gasteiger charge is 2.41. The molecule has 0 radical (unpaired) electrons. The molecule has 1 aromatic heterocycles. The number of likely N-dealkylation sites (tertiary alicyclic amines) is 1. The number of nitrogens with one attached hydrogen (secondary N) is 1. The summed E-state index contributed by atoms with van der Waals surface area (Å²) < 4.78 is 19.6. The number of ether oxygens (including phenoxy) is 1. The lowest BCUT2D eigenvalue weighted by Crippen LogP contribution is -2.57. The van der Waals surface area contributed by atoms with Gasteiger partial charge in [0.05, 0.1) is 12.4 Å². The standard InChI is InChI=1S/C26H28FN5O4/c27-17-10-28-24(29-11-17)16-12-31(13-16)20-3-1-2-4-22(20)36-18-5-6-19-15(9-18)14-32(26(19)35)21-7-8-23(33)30-25(21)34/h5-6,9-11,16,20-22H,1-4,7-8,12-14H2,(H,30,33,34)/t20-,21?,22-/m0/s1. The molecule has 3 aliphatic heterocycles. The topological polar surface area (TPSA) is 105 Å².